The fraction of sp³-hybridized carbons (Fsp3) is 0.455. The third kappa shape index (κ3) is 6.39. The fourth-order valence-electron chi connectivity index (χ4n) is 4.30. The zero-order chi connectivity index (χ0) is 29.8. The molecule has 5 rings (SSSR count). The van der Waals surface area contributed by atoms with Gasteiger partial charge in [0.1, 0.15) is 23.2 Å². The summed E-state index contributed by atoms with van der Waals surface area (Å²) in [6, 6.07) is -1.02. The molecule has 3 atom stereocenters. The quantitative estimate of drug-likeness (QED) is 0.0784. The molecule has 0 aromatic carbocycles. The van der Waals surface area contributed by atoms with Crippen LogP contribution in [0.1, 0.15) is 31.5 Å². The highest BCUT2D eigenvalue weighted by molar-refractivity contribution is 8.01. The number of β-lactam (4-membered cyclic amide) rings is 1. The number of hydrogen-bond donors (Lipinski definition) is 4. The number of anilines is 1. The zero-order valence-electron chi connectivity index (χ0n) is 21.7. The standard InChI is InChI=1S/C22H24N10O7S3/c23-21-25-16(28-42-21)13(27-39-11-4-2-1-3-5-11)17(35)24-14-18(36)32-15(20(37)38)10(8-40-19(14)32)9-41-22-26-29-30-31(22)7-6-12(33)34/h2,4,11,14,19H,1,3,5-9H2,(H,24,35)(H,33,34)(H,37,38)(H2,23,25,28)/b27-13+. The van der Waals surface area contributed by atoms with Gasteiger partial charge in [0.15, 0.2) is 5.13 Å². The molecule has 1 aliphatic carbocycles. The van der Waals surface area contributed by atoms with Crippen LogP contribution in [0.4, 0.5) is 5.13 Å². The van der Waals surface area contributed by atoms with Gasteiger partial charge in [0.05, 0.1) is 13.0 Å². The molecule has 3 aliphatic rings. The van der Waals surface area contributed by atoms with Crippen molar-refractivity contribution in [3.05, 3.63) is 29.2 Å². The summed E-state index contributed by atoms with van der Waals surface area (Å²) in [5.41, 5.74) is 5.72. The van der Waals surface area contributed by atoms with E-state index in [1.54, 1.807) is 0 Å². The number of amides is 2. The van der Waals surface area contributed by atoms with Gasteiger partial charge in [-0.05, 0) is 41.3 Å². The first kappa shape index (κ1) is 29.5. The van der Waals surface area contributed by atoms with Gasteiger partial charge in [0, 0.05) is 23.0 Å². The summed E-state index contributed by atoms with van der Waals surface area (Å²) in [7, 11) is 0. The van der Waals surface area contributed by atoms with E-state index in [1.807, 2.05) is 12.2 Å². The first-order chi connectivity index (χ1) is 20.2. The number of nitrogen functional groups attached to an aromatic ring is 1. The van der Waals surface area contributed by atoms with E-state index in [2.05, 4.69) is 35.4 Å². The molecule has 17 nitrogen and oxygen atoms in total. The highest BCUT2D eigenvalue weighted by Crippen LogP contribution is 2.41. The lowest BCUT2D eigenvalue weighted by molar-refractivity contribution is -0.150. The molecule has 4 heterocycles. The normalized spacial score (nSPS) is 22.0. The van der Waals surface area contributed by atoms with Gasteiger partial charge >= 0.3 is 11.9 Å². The van der Waals surface area contributed by atoms with Crippen molar-refractivity contribution >= 4 is 69.7 Å². The minimum absolute atomic E-state index is 0.0501. The van der Waals surface area contributed by atoms with Gasteiger partial charge in [-0.25, -0.2) is 9.48 Å². The number of nitrogens with zero attached hydrogens (tertiary/aromatic N) is 8. The lowest BCUT2D eigenvalue weighted by atomic mass is 10.0. The lowest BCUT2D eigenvalue weighted by Crippen LogP contribution is -2.71. The van der Waals surface area contributed by atoms with E-state index in [-0.39, 0.29) is 52.9 Å². The van der Waals surface area contributed by atoms with Crippen LogP contribution in [0, 0.1) is 0 Å². The van der Waals surface area contributed by atoms with Gasteiger partial charge in [-0.2, -0.15) is 9.36 Å². The molecule has 1 fully saturated rings. The summed E-state index contributed by atoms with van der Waals surface area (Å²) in [5.74, 6) is -3.31. The maximum absolute atomic E-state index is 13.3. The molecule has 5 N–H and O–H groups in total. The van der Waals surface area contributed by atoms with Gasteiger partial charge in [-0.3, -0.25) is 19.3 Å². The highest BCUT2D eigenvalue weighted by atomic mass is 32.2. The number of carbonyl (C=O) groups is 4. The van der Waals surface area contributed by atoms with E-state index in [4.69, 9.17) is 15.7 Å². The summed E-state index contributed by atoms with van der Waals surface area (Å²) in [5, 5.41) is 36.5. The van der Waals surface area contributed by atoms with Gasteiger partial charge in [-0.15, -0.1) is 16.9 Å². The molecule has 42 heavy (non-hydrogen) atoms. The van der Waals surface area contributed by atoms with Crippen molar-refractivity contribution in [1.29, 1.82) is 0 Å². The first-order valence-corrected chi connectivity index (χ1v) is 15.4. The first-order valence-electron chi connectivity index (χ1n) is 12.5. The molecular weight excluding hydrogens is 613 g/mol. The molecule has 2 aliphatic heterocycles. The number of tetrazole rings is 1. The van der Waals surface area contributed by atoms with E-state index in [9.17, 15) is 24.3 Å². The second-order valence-corrected chi connectivity index (χ2v) is 12.0. The SMILES string of the molecule is Nc1nc(/C(=N\OC2C=CCCC2)C(=O)NC2C(=O)N3C(C(=O)O)=C(CSc4nnnn4CCC(=O)O)CSC23)ns1. The predicted octanol–water partition coefficient (Wildman–Crippen LogP) is -0.0582. The Morgan fingerprint density at radius 1 is 1.31 bits per heavy atom. The minimum Gasteiger partial charge on any atom is -0.481 e. The van der Waals surface area contributed by atoms with E-state index in [0.29, 0.717) is 10.7 Å². The van der Waals surface area contributed by atoms with Crippen LogP contribution in [0.5, 0.6) is 0 Å². The van der Waals surface area contributed by atoms with Crippen LogP contribution in [0.25, 0.3) is 0 Å². The third-order valence-corrected chi connectivity index (χ3v) is 9.23. The molecule has 0 spiro atoms. The number of aliphatic carboxylic acids is 2. The Morgan fingerprint density at radius 3 is 2.83 bits per heavy atom. The Bertz CT molecular complexity index is 1490. The number of carboxylic acid groups (broad SMARTS) is 2. The number of rotatable bonds is 12. The van der Waals surface area contributed by atoms with Crippen LogP contribution in [-0.2, 0) is 30.6 Å². The number of aromatic nitrogens is 6. The number of allylic oxidation sites excluding steroid dienone is 1. The van der Waals surface area contributed by atoms with Crippen molar-refractivity contribution in [2.24, 2.45) is 5.16 Å². The number of fused-ring (bicyclic) bond motifs is 1. The van der Waals surface area contributed by atoms with Crippen LogP contribution >= 0.6 is 35.1 Å². The summed E-state index contributed by atoms with van der Waals surface area (Å²) in [4.78, 5) is 60.3. The molecular formula is C22H24N10O7S3. The van der Waals surface area contributed by atoms with Crippen molar-refractivity contribution in [3.63, 3.8) is 0 Å². The molecule has 222 valence electrons. The number of thioether (sulfide) groups is 2. The van der Waals surface area contributed by atoms with Gasteiger partial charge in [-0.1, -0.05) is 23.0 Å². The van der Waals surface area contributed by atoms with Crippen molar-refractivity contribution < 1.29 is 34.2 Å². The molecule has 2 aromatic heterocycles. The van der Waals surface area contributed by atoms with E-state index in [0.717, 1.165) is 47.5 Å². The number of carbonyl (C=O) groups excluding carboxylic acids is 2. The molecule has 3 unspecified atom stereocenters. The molecule has 2 amide bonds. The molecule has 1 saturated heterocycles. The largest absolute Gasteiger partial charge is 0.481 e. The Morgan fingerprint density at radius 2 is 2.14 bits per heavy atom. The van der Waals surface area contributed by atoms with Gasteiger partial charge in [0.25, 0.3) is 11.8 Å². The highest BCUT2D eigenvalue weighted by Gasteiger charge is 2.54. The number of aryl methyl sites for hydroxylation is 1. The summed E-state index contributed by atoms with van der Waals surface area (Å²) in [6.45, 7) is 0.0506. The van der Waals surface area contributed by atoms with E-state index >= 15 is 0 Å². The second-order valence-electron chi connectivity index (χ2n) is 9.13. The third-order valence-electron chi connectivity index (χ3n) is 6.31. The Balaban J connectivity index is 1.28. The smallest absolute Gasteiger partial charge is 0.352 e. The number of oxime groups is 1. The van der Waals surface area contributed by atoms with Crippen LogP contribution in [-0.4, -0.2) is 103 Å². The number of carboxylic acids is 2. The molecule has 0 saturated carbocycles. The summed E-state index contributed by atoms with van der Waals surface area (Å²) >= 11 is 3.29. The molecule has 0 radical (unpaired) electrons. The van der Waals surface area contributed by atoms with Gasteiger partial charge in [0.2, 0.25) is 16.7 Å². The fourth-order valence-corrected chi connectivity index (χ4v) is 7.12. The molecule has 0 bridgehead atoms. The average molecular weight is 637 g/mol. The lowest BCUT2D eigenvalue weighted by Gasteiger charge is -2.49. The number of nitrogens with two attached hydrogens (primary N) is 1. The van der Waals surface area contributed by atoms with E-state index in [1.165, 1.54) is 16.4 Å². The Kier molecular flexibility index (Phi) is 9.02. The Hall–Kier alpha value is -4.04. The monoisotopic (exact) mass is 636 g/mol. The van der Waals surface area contributed by atoms with Crippen molar-refractivity contribution in [1.82, 2.24) is 39.8 Å². The second kappa shape index (κ2) is 12.9. The van der Waals surface area contributed by atoms with Crippen molar-refractivity contribution in [2.75, 3.05) is 17.2 Å². The zero-order valence-corrected chi connectivity index (χ0v) is 24.1. The summed E-state index contributed by atoms with van der Waals surface area (Å²) < 4.78 is 5.37. The number of hydrogen-bond acceptors (Lipinski definition) is 15. The van der Waals surface area contributed by atoms with Crippen LogP contribution in [0.15, 0.2) is 33.7 Å². The van der Waals surface area contributed by atoms with Crippen LogP contribution < -0.4 is 11.1 Å². The topological polar surface area (TPSA) is 241 Å². The molecule has 20 heteroatoms. The average Bonchev–Trinajstić information content (AvgIpc) is 3.62. The van der Waals surface area contributed by atoms with Gasteiger partial charge < -0.3 is 26.1 Å². The van der Waals surface area contributed by atoms with Crippen molar-refractivity contribution in [2.45, 2.75) is 54.9 Å². The van der Waals surface area contributed by atoms with Crippen LogP contribution in [0.3, 0.4) is 0 Å². The minimum atomic E-state index is -1.29. The maximum atomic E-state index is 13.3. The number of nitrogens with one attached hydrogen (secondary N) is 1. The summed E-state index contributed by atoms with van der Waals surface area (Å²) in [6.07, 6.45) is 5.87. The molecule has 2 aromatic rings. The maximum Gasteiger partial charge on any atom is 0.352 e. The predicted molar refractivity (Wildman–Crippen MR) is 149 cm³/mol. The Labute approximate surface area is 249 Å². The van der Waals surface area contributed by atoms with E-state index < -0.39 is 35.2 Å². The van der Waals surface area contributed by atoms with Crippen molar-refractivity contribution in [3.8, 4) is 0 Å². The van der Waals surface area contributed by atoms with Crippen LogP contribution in [0.2, 0.25) is 0 Å².